The molecule has 0 aliphatic carbocycles. The first-order valence-electron chi connectivity index (χ1n) is 10.2. The fourth-order valence-corrected chi connectivity index (χ4v) is 3.61. The Morgan fingerprint density at radius 1 is 1.19 bits per heavy atom. The molecule has 0 spiro atoms. The maximum absolute atomic E-state index is 12.5. The summed E-state index contributed by atoms with van der Waals surface area (Å²) in [4.78, 5) is 28.1. The zero-order valence-electron chi connectivity index (χ0n) is 17.3. The highest BCUT2D eigenvalue weighted by Crippen LogP contribution is 2.23. The van der Waals surface area contributed by atoms with Crippen molar-refractivity contribution in [3.8, 4) is 0 Å². The van der Waals surface area contributed by atoms with Crippen molar-refractivity contribution in [3.05, 3.63) is 87.3 Å². The summed E-state index contributed by atoms with van der Waals surface area (Å²) in [5.74, 6) is 0.357. The standard InChI is InChI=1S/C23H25ClN4O3/c1-2-3-9-20-26-22(24)19(15-29)28(20)14-16-10-12-18(13-11-16)25-23(30)21(27-31)17-7-5-4-6-8-17/h4-8,10-13,21,29H,2-3,9,14-15H2,1H3,(H,25,30). The maximum Gasteiger partial charge on any atom is 0.257 e. The molecule has 0 aliphatic rings. The third-order valence-corrected chi connectivity index (χ3v) is 5.34. The molecule has 0 saturated heterocycles. The van der Waals surface area contributed by atoms with Crippen molar-refractivity contribution in [2.24, 2.45) is 5.18 Å². The van der Waals surface area contributed by atoms with Gasteiger partial charge in [-0.05, 0) is 29.7 Å². The van der Waals surface area contributed by atoms with Crippen molar-refractivity contribution in [3.63, 3.8) is 0 Å². The molecule has 0 aliphatic heterocycles. The van der Waals surface area contributed by atoms with Crippen LogP contribution in [-0.2, 0) is 24.4 Å². The third-order valence-electron chi connectivity index (χ3n) is 5.04. The number of imidazole rings is 1. The third kappa shape index (κ3) is 5.57. The van der Waals surface area contributed by atoms with E-state index >= 15 is 0 Å². The summed E-state index contributed by atoms with van der Waals surface area (Å²) in [5, 5.41) is 15.7. The van der Waals surface area contributed by atoms with E-state index in [9.17, 15) is 14.8 Å². The van der Waals surface area contributed by atoms with Gasteiger partial charge in [0.25, 0.3) is 5.91 Å². The molecule has 1 atom stereocenters. The average molecular weight is 441 g/mol. The van der Waals surface area contributed by atoms with Crippen LogP contribution in [0.1, 0.15) is 48.5 Å². The number of nitrogens with zero attached hydrogens (tertiary/aromatic N) is 3. The van der Waals surface area contributed by atoms with Gasteiger partial charge in [-0.2, -0.15) is 0 Å². The second-order valence-corrected chi connectivity index (χ2v) is 7.58. The smallest absolute Gasteiger partial charge is 0.257 e. The SMILES string of the molecule is CCCCc1nc(Cl)c(CO)n1Cc1ccc(NC(=O)C(N=O)c2ccccc2)cc1. The van der Waals surface area contributed by atoms with Gasteiger partial charge in [0, 0.05) is 18.7 Å². The maximum atomic E-state index is 12.5. The molecule has 1 amide bonds. The van der Waals surface area contributed by atoms with Crippen molar-refractivity contribution in [1.82, 2.24) is 9.55 Å². The number of aliphatic hydroxyl groups is 1. The van der Waals surface area contributed by atoms with E-state index in [2.05, 4.69) is 22.4 Å². The number of amides is 1. The first-order chi connectivity index (χ1) is 15.1. The molecule has 8 heteroatoms. The highest BCUT2D eigenvalue weighted by molar-refractivity contribution is 6.30. The molecule has 3 rings (SSSR count). The fraction of sp³-hybridized carbons (Fsp3) is 0.304. The minimum absolute atomic E-state index is 0.189. The summed E-state index contributed by atoms with van der Waals surface area (Å²) < 4.78 is 1.94. The first kappa shape index (κ1) is 22.7. The highest BCUT2D eigenvalue weighted by Gasteiger charge is 2.21. The quantitative estimate of drug-likeness (QED) is 0.439. The lowest BCUT2D eigenvalue weighted by molar-refractivity contribution is -0.117. The van der Waals surface area contributed by atoms with Crippen molar-refractivity contribution < 1.29 is 9.90 Å². The number of aromatic nitrogens is 2. The van der Waals surface area contributed by atoms with Gasteiger partial charge in [-0.25, -0.2) is 4.98 Å². The lowest BCUT2D eigenvalue weighted by Crippen LogP contribution is -2.19. The molecule has 0 fully saturated rings. The van der Waals surface area contributed by atoms with E-state index in [4.69, 9.17) is 11.6 Å². The Morgan fingerprint density at radius 2 is 1.90 bits per heavy atom. The number of hydrogen-bond acceptors (Lipinski definition) is 5. The second kappa shape index (κ2) is 10.8. The topological polar surface area (TPSA) is 96.6 Å². The van der Waals surface area contributed by atoms with Gasteiger partial charge in [0.2, 0.25) is 0 Å². The van der Waals surface area contributed by atoms with Crippen molar-refractivity contribution in [1.29, 1.82) is 0 Å². The number of halogens is 1. The molecular weight excluding hydrogens is 416 g/mol. The van der Waals surface area contributed by atoms with E-state index in [1.807, 2.05) is 22.8 Å². The lowest BCUT2D eigenvalue weighted by atomic mass is 10.1. The Labute approximate surface area is 186 Å². The molecule has 0 bridgehead atoms. The van der Waals surface area contributed by atoms with Crippen LogP contribution in [-0.4, -0.2) is 20.6 Å². The van der Waals surface area contributed by atoms with Gasteiger partial charge in [0.15, 0.2) is 11.2 Å². The molecule has 2 aromatic carbocycles. The Morgan fingerprint density at radius 3 is 2.52 bits per heavy atom. The number of anilines is 1. The molecule has 162 valence electrons. The van der Waals surface area contributed by atoms with Crippen LogP contribution in [0.5, 0.6) is 0 Å². The van der Waals surface area contributed by atoms with E-state index < -0.39 is 11.9 Å². The molecule has 0 saturated carbocycles. The predicted molar refractivity (Wildman–Crippen MR) is 121 cm³/mol. The number of nitroso groups, excluding NO2 is 1. The van der Waals surface area contributed by atoms with Crippen LogP contribution < -0.4 is 5.32 Å². The Hall–Kier alpha value is -3.03. The summed E-state index contributed by atoms with van der Waals surface area (Å²) in [7, 11) is 0. The number of rotatable bonds is 10. The number of aryl methyl sites for hydroxylation is 1. The summed E-state index contributed by atoms with van der Waals surface area (Å²) in [6, 6.07) is 14.9. The van der Waals surface area contributed by atoms with Gasteiger partial charge >= 0.3 is 0 Å². The molecule has 31 heavy (non-hydrogen) atoms. The van der Waals surface area contributed by atoms with Crippen LogP contribution in [0.3, 0.4) is 0 Å². The number of aliphatic hydroxyl groups excluding tert-OH is 1. The molecule has 3 aromatic rings. The van der Waals surface area contributed by atoms with Crippen LogP contribution in [0.25, 0.3) is 0 Å². The first-order valence-corrected chi connectivity index (χ1v) is 10.6. The summed E-state index contributed by atoms with van der Waals surface area (Å²) in [6.07, 6.45) is 2.80. The normalized spacial score (nSPS) is 11.8. The molecular formula is C23H25ClN4O3. The Bertz CT molecular complexity index is 1020. The predicted octanol–water partition coefficient (Wildman–Crippen LogP) is 4.87. The second-order valence-electron chi connectivity index (χ2n) is 7.22. The number of nitrogens with one attached hydrogen (secondary N) is 1. The molecule has 1 aromatic heterocycles. The summed E-state index contributed by atoms with van der Waals surface area (Å²) in [5.41, 5.74) is 2.66. The zero-order valence-corrected chi connectivity index (χ0v) is 18.0. The van der Waals surface area contributed by atoms with Crippen LogP contribution in [0.4, 0.5) is 5.69 Å². The van der Waals surface area contributed by atoms with Gasteiger partial charge in [0.1, 0.15) is 5.82 Å². The van der Waals surface area contributed by atoms with E-state index in [-0.39, 0.29) is 6.61 Å². The minimum Gasteiger partial charge on any atom is -0.390 e. The largest absolute Gasteiger partial charge is 0.390 e. The fourth-order valence-electron chi connectivity index (χ4n) is 3.35. The zero-order chi connectivity index (χ0) is 22.2. The Balaban J connectivity index is 1.72. The van der Waals surface area contributed by atoms with E-state index in [0.29, 0.717) is 28.6 Å². The number of hydrogen-bond donors (Lipinski definition) is 2. The van der Waals surface area contributed by atoms with Gasteiger partial charge in [-0.1, -0.05) is 72.6 Å². The van der Waals surface area contributed by atoms with E-state index in [1.54, 1.807) is 36.4 Å². The van der Waals surface area contributed by atoms with E-state index in [0.717, 1.165) is 30.7 Å². The highest BCUT2D eigenvalue weighted by atomic mass is 35.5. The number of carbonyl (C=O) groups excluding carboxylic acids is 1. The molecule has 7 nitrogen and oxygen atoms in total. The van der Waals surface area contributed by atoms with Crippen molar-refractivity contribution in [2.45, 2.75) is 45.4 Å². The van der Waals surface area contributed by atoms with Gasteiger partial charge in [-0.3, -0.25) is 4.79 Å². The molecule has 1 heterocycles. The molecule has 1 unspecified atom stereocenters. The molecule has 2 N–H and O–H groups in total. The van der Waals surface area contributed by atoms with Crippen LogP contribution in [0.15, 0.2) is 59.8 Å². The van der Waals surface area contributed by atoms with Crippen LogP contribution in [0.2, 0.25) is 5.15 Å². The van der Waals surface area contributed by atoms with Gasteiger partial charge < -0.3 is 15.0 Å². The molecule has 0 radical (unpaired) electrons. The van der Waals surface area contributed by atoms with Crippen molar-refractivity contribution >= 4 is 23.2 Å². The average Bonchev–Trinajstić information content (AvgIpc) is 3.08. The Kier molecular flexibility index (Phi) is 7.92. The monoisotopic (exact) mass is 440 g/mol. The van der Waals surface area contributed by atoms with E-state index in [1.165, 1.54) is 0 Å². The summed E-state index contributed by atoms with van der Waals surface area (Å²) >= 11 is 6.20. The van der Waals surface area contributed by atoms with Gasteiger partial charge in [0.05, 0.1) is 12.3 Å². The number of unbranched alkanes of at least 4 members (excludes halogenated alkanes) is 1. The number of benzene rings is 2. The lowest BCUT2D eigenvalue weighted by Gasteiger charge is -2.13. The van der Waals surface area contributed by atoms with Crippen molar-refractivity contribution in [2.75, 3.05) is 5.32 Å². The minimum atomic E-state index is -1.11. The van der Waals surface area contributed by atoms with Crippen LogP contribution in [0, 0.1) is 4.91 Å². The number of carbonyl (C=O) groups is 1. The van der Waals surface area contributed by atoms with Crippen LogP contribution >= 0.6 is 11.6 Å². The van der Waals surface area contributed by atoms with Gasteiger partial charge in [-0.15, -0.1) is 4.91 Å². The summed E-state index contributed by atoms with van der Waals surface area (Å²) in [6.45, 7) is 2.43.